The predicted molar refractivity (Wildman–Crippen MR) is 85.1 cm³/mol. The van der Waals surface area contributed by atoms with E-state index in [4.69, 9.17) is 5.73 Å². The van der Waals surface area contributed by atoms with Crippen LogP contribution in [-0.2, 0) is 0 Å². The average Bonchev–Trinajstić information content (AvgIpc) is 2.38. The van der Waals surface area contributed by atoms with Gasteiger partial charge in [-0.3, -0.25) is 4.79 Å². The molecular formula is C14H21ClN2OS. The van der Waals surface area contributed by atoms with Crippen molar-refractivity contribution in [3.05, 3.63) is 29.8 Å². The van der Waals surface area contributed by atoms with E-state index < -0.39 is 0 Å². The topological polar surface area (TPSA) is 46.3 Å². The van der Waals surface area contributed by atoms with Crippen molar-refractivity contribution in [3.63, 3.8) is 0 Å². The van der Waals surface area contributed by atoms with Gasteiger partial charge in [0.1, 0.15) is 0 Å². The van der Waals surface area contributed by atoms with Crippen LogP contribution in [0.15, 0.2) is 24.3 Å². The molecule has 0 saturated carbocycles. The Hall–Kier alpha value is -0.870. The summed E-state index contributed by atoms with van der Waals surface area (Å²) in [6.07, 6.45) is 0. The van der Waals surface area contributed by atoms with E-state index in [1.807, 2.05) is 28.8 Å². The number of carbonyl (C=O) groups excluding carboxylic acids is 1. The van der Waals surface area contributed by atoms with Gasteiger partial charge < -0.3 is 10.6 Å². The maximum Gasteiger partial charge on any atom is 0.253 e. The lowest BCUT2D eigenvalue weighted by Gasteiger charge is -2.34. The van der Waals surface area contributed by atoms with E-state index in [-0.39, 0.29) is 18.3 Å². The van der Waals surface area contributed by atoms with E-state index in [0.29, 0.717) is 22.4 Å². The van der Waals surface area contributed by atoms with Gasteiger partial charge in [-0.15, -0.1) is 12.4 Å². The van der Waals surface area contributed by atoms with Gasteiger partial charge in [-0.25, -0.2) is 0 Å². The zero-order chi connectivity index (χ0) is 13.1. The molecule has 1 aliphatic rings. The highest BCUT2D eigenvalue weighted by Crippen LogP contribution is 2.26. The summed E-state index contributed by atoms with van der Waals surface area (Å²) in [6.45, 7) is 6.11. The molecule has 0 spiro atoms. The molecule has 1 aromatic rings. The summed E-state index contributed by atoms with van der Waals surface area (Å²) in [6, 6.07) is 7.24. The zero-order valence-electron chi connectivity index (χ0n) is 11.3. The predicted octanol–water partition coefficient (Wildman–Crippen LogP) is 2.90. The van der Waals surface area contributed by atoms with Crippen LogP contribution in [0.4, 0.5) is 5.69 Å². The van der Waals surface area contributed by atoms with Crippen molar-refractivity contribution in [1.82, 2.24) is 4.90 Å². The lowest BCUT2D eigenvalue weighted by molar-refractivity contribution is 0.0756. The molecule has 1 aliphatic heterocycles. The fourth-order valence-corrected chi connectivity index (χ4v) is 3.42. The van der Waals surface area contributed by atoms with Gasteiger partial charge in [0, 0.05) is 35.3 Å². The second-order valence-electron chi connectivity index (χ2n) is 5.03. The molecule has 1 unspecified atom stereocenters. The molecule has 0 aliphatic carbocycles. The van der Waals surface area contributed by atoms with Crippen molar-refractivity contribution >= 4 is 35.8 Å². The number of benzene rings is 1. The van der Waals surface area contributed by atoms with Gasteiger partial charge in [-0.1, -0.05) is 19.9 Å². The standard InChI is InChI=1S/C14H20N2OS.ClH/c1-10(2)13-9-16(6-7-18-13)14(17)11-4-3-5-12(15)8-11;/h3-5,8,10,13H,6-7,9,15H2,1-2H3;1H. The molecule has 1 heterocycles. The Balaban J connectivity index is 0.00000180. The molecule has 3 nitrogen and oxygen atoms in total. The summed E-state index contributed by atoms with van der Waals surface area (Å²) >= 11 is 1.97. The fraction of sp³-hybridized carbons (Fsp3) is 0.500. The van der Waals surface area contributed by atoms with Crippen molar-refractivity contribution in [2.45, 2.75) is 19.1 Å². The van der Waals surface area contributed by atoms with Gasteiger partial charge in [0.15, 0.2) is 0 Å². The first-order chi connectivity index (χ1) is 8.58. The number of anilines is 1. The van der Waals surface area contributed by atoms with E-state index in [9.17, 15) is 4.79 Å². The number of rotatable bonds is 2. The van der Waals surface area contributed by atoms with Crippen LogP contribution in [0, 0.1) is 5.92 Å². The summed E-state index contributed by atoms with van der Waals surface area (Å²) in [4.78, 5) is 14.3. The Bertz CT molecular complexity index is 439. The lowest BCUT2D eigenvalue weighted by Crippen LogP contribution is -2.43. The first-order valence-corrected chi connectivity index (χ1v) is 7.39. The van der Waals surface area contributed by atoms with E-state index >= 15 is 0 Å². The monoisotopic (exact) mass is 300 g/mol. The third kappa shape index (κ3) is 4.05. The summed E-state index contributed by atoms with van der Waals surface area (Å²) in [7, 11) is 0. The van der Waals surface area contributed by atoms with Crippen LogP contribution >= 0.6 is 24.2 Å². The minimum Gasteiger partial charge on any atom is -0.399 e. The van der Waals surface area contributed by atoms with Crippen LogP contribution in [0.1, 0.15) is 24.2 Å². The molecule has 0 bridgehead atoms. The van der Waals surface area contributed by atoms with Gasteiger partial charge in [-0.2, -0.15) is 11.8 Å². The summed E-state index contributed by atoms with van der Waals surface area (Å²) in [5.41, 5.74) is 7.07. The van der Waals surface area contributed by atoms with E-state index in [1.165, 1.54) is 0 Å². The van der Waals surface area contributed by atoms with Gasteiger partial charge >= 0.3 is 0 Å². The first kappa shape index (κ1) is 16.2. The Morgan fingerprint density at radius 3 is 2.84 bits per heavy atom. The second kappa shape index (κ2) is 7.06. The summed E-state index contributed by atoms with van der Waals surface area (Å²) in [5, 5.41) is 0.545. The van der Waals surface area contributed by atoms with Crippen molar-refractivity contribution in [1.29, 1.82) is 0 Å². The van der Waals surface area contributed by atoms with Crippen LogP contribution in [0.25, 0.3) is 0 Å². The maximum atomic E-state index is 12.4. The molecule has 1 atom stereocenters. The van der Waals surface area contributed by atoms with Crippen LogP contribution < -0.4 is 5.73 Å². The second-order valence-corrected chi connectivity index (χ2v) is 6.38. The minimum absolute atomic E-state index is 0. The average molecular weight is 301 g/mol. The fourth-order valence-electron chi connectivity index (χ4n) is 2.12. The number of hydrogen-bond donors (Lipinski definition) is 1. The van der Waals surface area contributed by atoms with E-state index in [0.717, 1.165) is 18.8 Å². The molecule has 106 valence electrons. The van der Waals surface area contributed by atoms with Gasteiger partial charge in [0.2, 0.25) is 0 Å². The molecule has 2 rings (SSSR count). The third-order valence-corrected chi connectivity index (χ3v) is 4.80. The quantitative estimate of drug-likeness (QED) is 0.854. The number of nitrogen functional groups attached to an aromatic ring is 1. The SMILES string of the molecule is CC(C)C1CN(C(=O)c2cccc(N)c2)CCS1.Cl. The van der Waals surface area contributed by atoms with Crippen molar-refractivity contribution < 1.29 is 4.79 Å². The summed E-state index contributed by atoms with van der Waals surface area (Å²) in [5.74, 6) is 1.73. The lowest BCUT2D eigenvalue weighted by atomic mass is 10.1. The highest BCUT2D eigenvalue weighted by atomic mass is 35.5. The first-order valence-electron chi connectivity index (χ1n) is 6.34. The van der Waals surface area contributed by atoms with Crippen molar-refractivity contribution in [2.75, 3.05) is 24.6 Å². The number of halogens is 1. The highest BCUT2D eigenvalue weighted by Gasteiger charge is 2.26. The van der Waals surface area contributed by atoms with Crippen molar-refractivity contribution in [3.8, 4) is 0 Å². The highest BCUT2D eigenvalue weighted by molar-refractivity contribution is 8.00. The molecule has 2 N–H and O–H groups in total. The largest absolute Gasteiger partial charge is 0.399 e. The van der Waals surface area contributed by atoms with Crippen LogP contribution in [-0.4, -0.2) is 34.9 Å². The number of thioether (sulfide) groups is 1. The van der Waals surface area contributed by atoms with Gasteiger partial charge in [0.05, 0.1) is 0 Å². The number of amides is 1. The molecule has 1 fully saturated rings. The Morgan fingerprint density at radius 2 is 2.21 bits per heavy atom. The normalized spacial score (nSPS) is 19.1. The molecule has 0 aromatic heterocycles. The molecule has 1 amide bonds. The zero-order valence-corrected chi connectivity index (χ0v) is 13.0. The molecule has 1 aromatic carbocycles. The summed E-state index contributed by atoms with van der Waals surface area (Å²) < 4.78 is 0. The number of nitrogens with zero attached hydrogens (tertiary/aromatic N) is 1. The van der Waals surface area contributed by atoms with Crippen LogP contribution in [0.2, 0.25) is 0 Å². The van der Waals surface area contributed by atoms with Gasteiger partial charge in [-0.05, 0) is 24.1 Å². The van der Waals surface area contributed by atoms with E-state index in [1.54, 1.807) is 12.1 Å². The molecule has 5 heteroatoms. The molecule has 0 radical (unpaired) electrons. The Morgan fingerprint density at radius 1 is 1.47 bits per heavy atom. The molecule has 1 saturated heterocycles. The van der Waals surface area contributed by atoms with Crippen LogP contribution in [0.3, 0.4) is 0 Å². The van der Waals surface area contributed by atoms with Crippen LogP contribution in [0.5, 0.6) is 0 Å². The smallest absolute Gasteiger partial charge is 0.253 e. The molecule has 19 heavy (non-hydrogen) atoms. The van der Waals surface area contributed by atoms with Crippen molar-refractivity contribution in [2.24, 2.45) is 5.92 Å². The van der Waals surface area contributed by atoms with Gasteiger partial charge in [0.25, 0.3) is 5.91 Å². The number of nitrogens with two attached hydrogens (primary N) is 1. The van der Waals surface area contributed by atoms with E-state index in [2.05, 4.69) is 13.8 Å². The Labute approximate surface area is 125 Å². The maximum absolute atomic E-state index is 12.4. The number of hydrogen-bond acceptors (Lipinski definition) is 3. The molecular weight excluding hydrogens is 280 g/mol. The Kier molecular flexibility index (Phi) is 6.01. The third-order valence-electron chi connectivity index (χ3n) is 3.26. The minimum atomic E-state index is 0. The number of carbonyl (C=O) groups is 1.